The molecule has 3 aromatic heterocycles. The average Bonchev–Trinajstić information content (AvgIpc) is 3.49. The van der Waals surface area contributed by atoms with Gasteiger partial charge >= 0.3 is 12.1 Å². The molecular formula is C21H24F3N7O2S. The highest BCUT2D eigenvalue weighted by atomic mass is 32.1. The molecule has 3 aromatic rings. The van der Waals surface area contributed by atoms with Gasteiger partial charge in [-0.05, 0) is 12.5 Å². The van der Waals surface area contributed by atoms with Crippen molar-refractivity contribution in [2.75, 3.05) is 29.4 Å². The minimum Gasteiger partial charge on any atom is -0.461 e. The Hall–Kier alpha value is -2.96. The van der Waals surface area contributed by atoms with Gasteiger partial charge in [-0.1, -0.05) is 13.3 Å². The molecule has 0 unspecified atom stereocenters. The van der Waals surface area contributed by atoms with E-state index < -0.39 is 12.0 Å². The molecular weight excluding hydrogens is 471 g/mol. The van der Waals surface area contributed by atoms with Crippen LogP contribution in [-0.2, 0) is 35.2 Å². The second kappa shape index (κ2) is 8.67. The zero-order valence-corrected chi connectivity index (χ0v) is 19.6. The van der Waals surface area contributed by atoms with E-state index in [0.717, 1.165) is 27.6 Å². The van der Waals surface area contributed by atoms with Gasteiger partial charge in [-0.15, -0.1) is 21.5 Å². The van der Waals surface area contributed by atoms with Gasteiger partial charge in [-0.3, -0.25) is 4.79 Å². The summed E-state index contributed by atoms with van der Waals surface area (Å²) in [5, 5.41) is 8.07. The van der Waals surface area contributed by atoms with E-state index in [9.17, 15) is 18.0 Å². The molecule has 2 aliphatic rings. The van der Waals surface area contributed by atoms with E-state index in [4.69, 9.17) is 14.7 Å². The van der Waals surface area contributed by atoms with E-state index in [1.165, 1.54) is 11.8 Å². The molecule has 182 valence electrons. The largest absolute Gasteiger partial charge is 0.461 e. The maximum atomic E-state index is 13.3. The van der Waals surface area contributed by atoms with Gasteiger partial charge < -0.3 is 19.1 Å². The number of hydrogen-bond acceptors (Lipinski definition) is 9. The average molecular weight is 496 g/mol. The van der Waals surface area contributed by atoms with Crippen LogP contribution < -0.4 is 9.80 Å². The molecule has 9 nitrogen and oxygen atoms in total. The summed E-state index contributed by atoms with van der Waals surface area (Å²) in [5.74, 6) is 0.182. The van der Waals surface area contributed by atoms with Crippen molar-refractivity contribution in [1.29, 1.82) is 0 Å². The lowest BCUT2D eigenvalue weighted by Gasteiger charge is -2.30. The molecule has 1 atom stereocenters. The fourth-order valence-electron chi connectivity index (χ4n) is 4.49. The monoisotopic (exact) mass is 495 g/mol. The van der Waals surface area contributed by atoms with Crippen LogP contribution >= 0.6 is 11.3 Å². The summed E-state index contributed by atoms with van der Waals surface area (Å²) in [6.45, 7) is 5.28. The van der Waals surface area contributed by atoms with E-state index >= 15 is 0 Å². The standard InChI is InChI=1S/C21H24F3N7O2S/c1-3-4-14-9-15-17(29-7-8-31-16(11-29)27-28-19(31)21(22,23)24)25-20(26-18(15)34-14)30-6-5-13(10-30)33-12(2)32/h9,13H,3-8,10-11H2,1-2H3/t13-/m0/s1. The minimum atomic E-state index is -4.54. The Bertz CT molecular complexity index is 1230. The second-order valence-corrected chi connectivity index (χ2v) is 9.62. The van der Waals surface area contributed by atoms with E-state index in [1.807, 2.05) is 9.80 Å². The first-order valence-corrected chi connectivity index (χ1v) is 12.0. The van der Waals surface area contributed by atoms with Crippen molar-refractivity contribution in [3.63, 3.8) is 0 Å². The molecule has 0 spiro atoms. The van der Waals surface area contributed by atoms with E-state index in [1.54, 1.807) is 11.3 Å². The molecule has 2 aliphatic heterocycles. The van der Waals surface area contributed by atoms with Crippen LogP contribution in [0.25, 0.3) is 10.2 Å². The van der Waals surface area contributed by atoms with Gasteiger partial charge in [0.25, 0.3) is 0 Å². The number of nitrogens with zero attached hydrogens (tertiary/aromatic N) is 7. The van der Waals surface area contributed by atoms with Gasteiger partial charge in [-0.2, -0.15) is 18.2 Å². The lowest BCUT2D eigenvalue weighted by atomic mass is 10.2. The Morgan fingerprint density at radius 3 is 2.76 bits per heavy atom. The second-order valence-electron chi connectivity index (χ2n) is 8.51. The smallest absolute Gasteiger partial charge is 0.451 e. The number of carbonyl (C=O) groups is 1. The number of fused-ring (bicyclic) bond motifs is 2. The Kier molecular flexibility index (Phi) is 5.82. The molecule has 0 aromatic carbocycles. The molecule has 1 saturated heterocycles. The lowest BCUT2D eigenvalue weighted by molar-refractivity contribution is -0.147. The van der Waals surface area contributed by atoms with Crippen molar-refractivity contribution in [3.8, 4) is 0 Å². The van der Waals surface area contributed by atoms with Crippen LogP contribution in [0.1, 0.15) is 43.2 Å². The maximum absolute atomic E-state index is 13.3. The number of anilines is 2. The molecule has 34 heavy (non-hydrogen) atoms. The first-order chi connectivity index (χ1) is 16.2. The number of ether oxygens (including phenoxy) is 1. The third kappa shape index (κ3) is 4.28. The topological polar surface area (TPSA) is 89.3 Å². The van der Waals surface area contributed by atoms with Gasteiger partial charge in [0, 0.05) is 37.9 Å². The molecule has 13 heteroatoms. The van der Waals surface area contributed by atoms with Crippen molar-refractivity contribution in [2.24, 2.45) is 0 Å². The molecule has 1 fully saturated rings. The summed E-state index contributed by atoms with van der Waals surface area (Å²) in [6.07, 6.45) is -2.16. The van der Waals surface area contributed by atoms with Gasteiger partial charge in [-0.25, -0.2) is 4.98 Å². The van der Waals surface area contributed by atoms with Crippen LogP contribution in [0.5, 0.6) is 0 Å². The SMILES string of the molecule is CCCc1cc2c(N3CCn4c(nnc4C(F)(F)F)C3)nc(N3CC[C@H](OC(C)=O)C3)nc2s1. The van der Waals surface area contributed by atoms with Crippen LogP contribution in [-0.4, -0.2) is 56.4 Å². The normalized spacial score (nSPS) is 18.6. The predicted octanol–water partition coefficient (Wildman–Crippen LogP) is 3.42. The van der Waals surface area contributed by atoms with Crippen molar-refractivity contribution in [3.05, 3.63) is 22.6 Å². The number of esters is 1. The minimum absolute atomic E-state index is 0.113. The van der Waals surface area contributed by atoms with Gasteiger partial charge in [0.2, 0.25) is 11.8 Å². The summed E-state index contributed by atoms with van der Waals surface area (Å²) < 4.78 is 46.3. The van der Waals surface area contributed by atoms with Crippen LogP contribution in [0.3, 0.4) is 0 Å². The maximum Gasteiger partial charge on any atom is 0.451 e. The summed E-state index contributed by atoms with van der Waals surface area (Å²) >= 11 is 1.61. The number of aryl methyl sites for hydroxylation is 1. The van der Waals surface area contributed by atoms with Gasteiger partial charge in [0.15, 0.2) is 5.82 Å². The third-order valence-electron chi connectivity index (χ3n) is 5.98. The molecule has 0 saturated carbocycles. The number of aromatic nitrogens is 5. The molecule has 0 N–H and O–H groups in total. The van der Waals surface area contributed by atoms with Crippen molar-refractivity contribution < 1.29 is 22.7 Å². The molecule has 5 rings (SSSR count). The van der Waals surface area contributed by atoms with Crippen LogP contribution in [0, 0.1) is 0 Å². The van der Waals surface area contributed by atoms with Gasteiger partial charge in [0.05, 0.1) is 18.5 Å². The number of rotatable bonds is 5. The van der Waals surface area contributed by atoms with Crippen LogP contribution in [0.15, 0.2) is 6.07 Å². The number of thiophene rings is 1. The number of halogens is 3. The molecule has 0 amide bonds. The number of carbonyl (C=O) groups excluding carboxylic acids is 1. The van der Waals surface area contributed by atoms with Crippen molar-refractivity contribution >= 4 is 39.3 Å². The number of alkyl halides is 3. The highest BCUT2D eigenvalue weighted by molar-refractivity contribution is 7.18. The summed E-state index contributed by atoms with van der Waals surface area (Å²) in [7, 11) is 0. The quantitative estimate of drug-likeness (QED) is 0.498. The first-order valence-electron chi connectivity index (χ1n) is 11.2. The van der Waals surface area contributed by atoms with E-state index in [2.05, 4.69) is 23.2 Å². The van der Waals surface area contributed by atoms with Crippen molar-refractivity contribution in [2.45, 2.75) is 58.5 Å². The zero-order valence-electron chi connectivity index (χ0n) is 18.8. The summed E-state index contributed by atoms with van der Waals surface area (Å²) in [6, 6.07) is 2.08. The van der Waals surface area contributed by atoms with Crippen molar-refractivity contribution in [1.82, 2.24) is 24.7 Å². The van der Waals surface area contributed by atoms with E-state index in [0.29, 0.717) is 37.8 Å². The summed E-state index contributed by atoms with van der Waals surface area (Å²) in [5.41, 5.74) is 0. The van der Waals surface area contributed by atoms with E-state index in [-0.39, 0.29) is 31.0 Å². The third-order valence-corrected chi connectivity index (χ3v) is 7.06. The molecule has 0 aliphatic carbocycles. The fourth-order valence-corrected chi connectivity index (χ4v) is 5.61. The Morgan fingerprint density at radius 1 is 1.21 bits per heavy atom. The van der Waals surface area contributed by atoms with Gasteiger partial charge in [0.1, 0.15) is 16.8 Å². The van der Waals surface area contributed by atoms with Crippen LogP contribution in [0.4, 0.5) is 24.9 Å². The Labute approximate surface area is 197 Å². The first kappa shape index (κ1) is 22.8. The molecule has 0 radical (unpaired) electrons. The van der Waals surface area contributed by atoms with Crippen LogP contribution in [0.2, 0.25) is 0 Å². The Balaban J connectivity index is 1.49. The number of hydrogen-bond donors (Lipinski definition) is 0. The highest BCUT2D eigenvalue weighted by Crippen LogP contribution is 2.36. The highest BCUT2D eigenvalue weighted by Gasteiger charge is 2.40. The zero-order chi connectivity index (χ0) is 24.0. The molecule has 0 bridgehead atoms. The summed E-state index contributed by atoms with van der Waals surface area (Å²) in [4.78, 5) is 26.9. The Morgan fingerprint density at radius 2 is 2.03 bits per heavy atom. The predicted molar refractivity (Wildman–Crippen MR) is 120 cm³/mol. The fraction of sp³-hybridized carbons (Fsp3) is 0.571. The molecule has 5 heterocycles. The lowest BCUT2D eigenvalue weighted by Crippen LogP contribution is -2.36.